The number of benzene rings is 1. The summed E-state index contributed by atoms with van der Waals surface area (Å²) in [6.07, 6.45) is 3.42. The highest BCUT2D eigenvalue weighted by Crippen LogP contribution is 2.32. The molecule has 7 nitrogen and oxygen atoms in total. The van der Waals surface area contributed by atoms with E-state index in [4.69, 9.17) is 14.5 Å². The lowest BCUT2D eigenvalue weighted by Crippen LogP contribution is -2.43. The Hall–Kier alpha value is -2.97. The van der Waals surface area contributed by atoms with Crippen LogP contribution in [-0.2, 0) is 4.74 Å². The number of fused-ring (bicyclic) bond motifs is 2. The Morgan fingerprint density at radius 3 is 3.07 bits per heavy atom. The van der Waals surface area contributed by atoms with Gasteiger partial charge in [0.05, 0.1) is 36.7 Å². The first-order valence-corrected chi connectivity index (χ1v) is 9.81. The SMILES string of the molecule is COc1ccn2c(C(=O)N3CCOCC3c3nc4ccccc4s3)cnc2c1. The fourth-order valence-electron chi connectivity index (χ4n) is 3.48. The number of nitrogens with zero attached hydrogens (tertiary/aromatic N) is 4. The van der Waals surface area contributed by atoms with Crippen LogP contribution in [0.2, 0.25) is 0 Å². The van der Waals surface area contributed by atoms with Crippen LogP contribution in [0.1, 0.15) is 21.5 Å². The summed E-state index contributed by atoms with van der Waals surface area (Å²) in [5.41, 5.74) is 2.14. The summed E-state index contributed by atoms with van der Waals surface area (Å²) in [5, 5.41) is 0.893. The van der Waals surface area contributed by atoms with Crippen molar-refractivity contribution in [3.63, 3.8) is 0 Å². The number of rotatable bonds is 3. The predicted molar refractivity (Wildman–Crippen MR) is 106 cm³/mol. The molecule has 1 amide bonds. The van der Waals surface area contributed by atoms with Crippen LogP contribution < -0.4 is 4.74 Å². The van der Waals surface area contributed by atoms with Crippen LogP contribution in [0.3, 0.4) is 0 Å². The van der Waals surface area contributed by atoms with E-state index < -0.39 is 0 Å². The molecular formula is C20H18N4O3S. The maximum atomic E-state index is 13.4. The summed E-state index contributed by atoms with van der Waals surface area (Å²) in [6, 6.07) is 11.4. The molecule has 0 saturated carbocycles. The van der Waals surface area contributed by atoms with Crippen molar-refractivity contribution in [1.82, 2.24) is 19.3 Å². The molecule has 142 valence electrons. The standard InChI is InChI=1S/C20H18N4O3S/c1-26-13-6-7-23-15(11-21-18(23)10-13)20(25)24-8-9-27-12-16(24)19-22-14-4-2-3-5-17(14)28-19/h2-7,10-11,16H,8-9,12H2,1H3. The average Bonchev–Trinajstić information content (AvgIpc) is 3.36. The number of pyridine rings is 1. The van der Waals surface area contributed by atoms with E-state index in [0.717, 1.165) is 15.2 Å². The highest BCUT2D eigenvalue weighted by Gasteiger charge is 2.33. The molecule has 1 fully saturated rings. The zero-order chi connectivity index (χ0) is 19.1. The topological polar surface area (TPSA) is 69.0 Å². The molecule has 1 saturated heterocycles. The van der Waals surface area contributed by atoms with Crippen molar-refractivity contribution < 1.29 is 14.3 Å². The molecular weight excluding hydrogens is 376 g/mol. The van der Waals surface area contributed by atoms with Crippen LogP contribution >= 0.6 is 11.3 Å². The van der Waals surface area contributed by atoms with E-state index in [2.05, 4.69) is 4.98 Å². The third-order valence-electron chi connectivity index (χ3n) is 4.92. The molecule has 0 spiro atoms. The second kappa shape index (κ2) is 6.88. The molecule has 0 bridgehead atoms. The number of hydrogen-bond acceptors (Lipinski definition) is 6. The van der Waals surface area contributed by atoms with E-state index in [0.29, 0.717) is 36.8 Å². The summed E-state index contributed by atoms with van der Waals surface area (Å²) in [4.78, 5) is 24.3. The van der Waals surface area contributed by atoms with Crippen LogP contribution in [0.4, 0.5) is 0 Å². The highest BCUT2D eigenvalue weighted by atomic mass is 32.1. The van der Waals surface area contributed by atoms with Gasteiger partial charge in [0, 0.05) is 18.8 Å². The molecule has 8 heteroatoms. The van der Waals surface area contributed by atoms with Gasteiger partial charge in [0.15, 0.2) is 0 Å². The molecule has 0 N–H and O–H groups in total. The minimum absolute atomic E-state index is 0.0785. The Morgan fingerprint density at radius 2 is 2.21 bits per heavy atom. The van der Waals surface area contributed by atoms with E-state index in [9.17, 15) is 4.79 Å². The zero-order valence-corrected chi connectivity index (χ0v) is 16.1. The third-order valence-corrected chi connectivity index (χ3v) is 6.06. The smallest absolute Gasteiger partial charge is 0.273 e. The van der Waals surface area contributed by atoms with Crippen molar-refractivity contribution in [2.75, 3.05) is 26.9 Å². The van der Waals surface area contributed by atoms with Gasteiger partial charge in [-0.05, 0) is 18.2 Å². The maximum absolute atomic E-state index is 13.4. The highest BCUT2D eigenvalue weighted by molar-refractivity contribution is 7.18. The largest absolute Gasteiger partial charge is 0.497 e. The summed E-state index contributed by atoms with van der Waals surface area (Å²) < 4.78 is 13.8. The molecule has 1 unspecified atom stereocenters. The number of methoxy groups -OCH3 is 1. The number of ether oxygens (including phenoxy) is 2. The molecule has 4 heterocycles. The minimum Gasteiger partial charge on any atom is -0.497 e. The second-order valence-corrected chi connectivity index (χ2v) is 7.61. The summed E-state index contributed by atoms with van der Waals surface area (Å²) in [5.74, 6) is 0.626. The van der Waals surface area contributed by atoms with E-state index in [1.807, 2.05) is 41.4 Å². The Kier molecular flexibility index (Phi) is 4.22. The van der Waals surface area contributed by atoms with Crippen molar-refractivity contribution in [3.05, 3.63) is 59.5 Å². The van der Waals surface area contributed by atoms with Gasteiger partial charge in [-0.1, -0.05) is 12.1 Å². The van der Waals surface area contributed by atoms with Gasteiger partial charge in [-0.3, -0.25) is 9.20 Å². The van der Waals surface area contributed by atoms with Crippen LogP contribution in [0.15, 0.2) is 48.8 Å². The monoisotopic (exact) mass is 394 g/mol. The Bertz CT molecular complexity index is 1140. The van der Waals surface area contributed by atoms with Crippen LogP contribution in [-0.4, -0.2) is 52.0 Å². The molecule has 0 aliphatic carbocycles. The molecule has 1 atom stereocenters. The summed E-state index contributed by atoms with van der Waals surface area (Å²) in [7, 11) is 1.61. The van der Waals surface area contributed by atoms with E-state index in [1.165, 1.54) is 0 Å². The van der Waals surface area contributed by atoms with Gasteiger partial charge in [-0.2, -0.15) is 0 Å². The van der Waals surface area contributed by atoms with Gasteiger partial charge in [0.2, 0.25) is 0 Å². The fraction of sp³-hybridized carbons (Fsp3) is 0.250. The van der Waals surface area contributed by atoms with E-state index >= 15 is 0 Å². The first-order chi connectivity index (χ1) is 13.7. The van der Waals surface area contributed by atoms with Gasteiger partial charge in [-0.25, -0.2) is 9.97 Å². The van der Waals surface area contributed by atoms with Gasteiger partial charge in [0.25, 0.3) is 5.91 Å². The molecule has 28 heavy (non-hydrogen) atoms. The number of thiazole rings is 1. The van der Waals surface area contributed by atoms with Crippen LogP contribution in [0, 0.1) is 0 Å². The van der Waals surface area contributed by atoms with Gasteiger partial charge in [0.1, 0.15) is 28.1 Å². The maximum Gasteiger partial charge on any atom is 0.273 e. The second-order valence-electron chi connectivity index (χ2n) is 6.55. The molecule has 3 aromatic heterocycles. The molecule has 5 rings (SSSR count). The number of para-hydroxylation sites is 1. The molecule has 1 aliphatic rings. The number of amides is 1. The molecule has 4 aromatic rings. The molecule has 1 aliphatic heterocycles. The Balaban J connectivity index is 1.51. The zero-order valence-electron chi connectivity index (χ0n) is 15.2. The van der Waals surface area contributed by atoms with Crippen molar-refractivity contribution in [2.45, 2.75) is 6.04 Å². The average molecular weight is 394 g/mol. The van der Waals surface area contributed by atoms with E-state index in [1.54, 1.807) is 35.1 Å². The fourth-order valence-corrected chi connectivity index (χ4v) is 4.54. The first-order valence-electron chi connectivity index (χ1n) is 9.00. The van der Waals surface area contributed by atoms with Gasteiger partial charge in [-0.15, -0.1) is 11.3 Å². The quantitative estimate of drug-likeness (QED) is 0.534. The Morgan fingerprint density at radius 1 is 1.32 bits per heavy atom. The van der Waals surface area contributed by atoms with E-state index in [-0.39, 0.29) is 11.9 Å². The van der Waals surface area contributed by atoms with Crippen molar-refractivity contribution in [3.8, 4) is 5.75 Å². The number of hydrogen-bond donors (Lipinski definition) is 0. The van der Waals surface area contributed by atoms with Crippen molar-refractivity contribution in [1.29, 1.82) is 0 Å². The number of imidazole rings is 1. The summed E-state index contributed by atoms with van der Waals surface area (Å²) in [6.45, 7) is 1.47. The number of aromatic nitrogens is 3. The minimum atomic E-state index is -0.206. The first kappa shape index (κ1) is 17.2. The number of morpholine rings is 1. The predicted octanol–water partition coefficient (Wildman–Crippen LogP) is 3.17. The number of carbonyl (C=O) groups is 1. The lowest BCUT2D eigenvalue weighted by Gasteiger charge is -2.34. The van der Waals surface area contributed by atoms with Crippen molar-refractivity contribution in [2.24, 2.45) is 0 Å². The molecule has 1 aromatic carbocycles. The van der Waals surface area contributed by atoms with Crippen LogP contribution in [0.5, 0.6) is 5.75 Å². The van der Waals surface area contributed by atoms with Crippen molar-refractivity contribution >= 4 is 33.1 Å². The molecule has 0 radical (unpaired) electrons. The van der Waals surface area contributed by atoms with Crippen LogP contribution in [0.25, 0.3) is 15.9 Å². The lowest BCUT2D eigenvalue weighted by atomic mass is 10.2. The lowest BCUT2D eigenvalue weighted by molar-refractivity contribution is -0.00306. The normalized spacial score (nSPS) is 17.3. The Labute approximate surface area is 165 Å². The van der Waals surface area contributed by atoms with Gasteiger partial charge >= 0.3 is 0 Å². The third kappa shape index (κ3) is 2.81. The van der Waals surface area contributed by atoms with Gasteiger partial charge < -0.3 is 14.4 Å². The number of carbonyl (C=O) groups excluding carboxylic acids is 1. The summed E-state index contributed by atoms with van der Waals surface area (Å²) >= 11 is 1.61.